The molecule has 0 unspecified atom stereocenters. The molecule has 0 aliphatic carbocycles. The Hall–Kier alpha value is -2.68. The Morgan fingerprint density at radius 2 is 1.89 bits per heavy atom. The van der Waals surface area contributed by atoms with Gasteiger partial charge in [0, 0.05) is 24.0 Å². The maximum atomic E-state index is 13.9. The van der Waals surface area contributed by atoms with Gasteiger partial charge in [-0.05, 0) is 33.6 Å². The number of alkyl halides is 1. The summed E-state index contributed by atoms with van der Waals surface area (Å²) in [4.78, 5) is 12.4. The normalized spacial score (nSPS) is 11.4. The first-order valence-corrected chi connectivity index (χ1v) is 8.87. The lowest BCUT2D eigenvalue weighted by atomic mass is 10.2. The third kappa shape index (κ3) is 3.34. The van der Waals surface area contributed by atoms with Crippen molar-refractivity contribution in [1.29, 1.82) is 0 Å². The van der Waals surface area contributed by atoms with Crippen LogP contribution in [0.1, 0.15) is 5.56 Å². The minimum absolute atomic E-state index is 0.0737. The summed E-state index contributed by atoms with van der Waals surface area (Å²) in [5.74, 6) is -0.424. The van der Waals surface area contributed by atoms with Gasteiger partial charge in [-0.1, -0.05) is 0 Å². The van der Waals surface area contributed by atoms with Crippen molar-refractivity contribution in [3.63, 3.8) is 0 Å². The Morgan fingerprint density at radius 1 is 1.04 bits per heavy atom. The van der Waals surface area contributed by atoms with Gasteiger partial charge in [-0.25, -0.2) is 18.7 Å². The third-order valence-electron chi connectivity index (χ3n) is 4.17. The van der Waals surface area contributed by atoms with E-state index in [1.165, 1.54) is 17.0 Å². The number of halogens is 4. The Kier molecular flexibility index (Phi) is 4.69. The summed E-state index contributed by atoms with van der Waals surface area (Å²) < 4.78 is 43.9. The highest BCUT2D eigenvalue weighted by Gasteiger charge is 2.16. The predicted molar refractivity (Wildman–Crippen MR) is 97.9 cm³/mol. The van der Waals surface area contributed by atoms with Crippen LogP contribution in [0, 0.1) is 11.8 Å². The van der Waals surface area contributed by atoms with Gasteiger partial charge in [0.05, 0.1) is 41.1 Å². The summed E-state index contributed by atoms with van der Waals surface area (Å²) in [7, 11) is 0. The number of imidazole rings is 2. The molecule has 9 heteroatoms. The SMILES string of the molecule is FCCn1c(-c2cncc(Cn3cncc3F)c2)nc2cc(F)c(Br)cc21. The molecule has 0 radical (unpaired) electrons. The summed E-state index contributed by atoms with van der Waals surface area (Å²) in [6.45, 7) is -0.276. The molecule has 1 aromatic carbocycles. The zero-order valence-corrected chi connectivity index (χ0v) is 15.5. The van der Waals surface area contributed by atoms with Gasteiger partial charge in [0.25, 0.3) is 0 Å². The number of benzene rings is 1. The van der Waals surface area contributed by atoms with E-state index in [0.29, 0.717) is 22.4 Å². The number of hydrogen-bond acceptors (Lipinski definition) is 3. The van der Waals surface area contributed by atoms with Crippen molar-refractivity contribution >= 4 is 27.0 Å². The molecule has 0 N–H and O–H groups in total. The molecular weight excluding hydrogens is 423 g/mol. The lowest BCUT2D eigenvalue weighted by molar-refractivity contribution is 0.451. The smallest absolute Gasteiger partial charge is 0.213 e. The van der Waals surface area contributed by atoms with Crippen molar-refractivity contribution in [2.24, 2.45) is 0 Å². The molecule has 0 amide bonds. The first kappa shape index (κ1) is 17.7. The van der Waals surface area contributed by atoms with Crippen molar-refractivity contribution in [1.82, 2.24) is 24.1 Å². The number of fused-ring (bicyclic) bond motifs is 1. The molecule has 0 bridgehead atoms. The van der Waals surface area contributed by atoms with E-state index in [1.54, 1.807) is 29.1 Å². The molecule has 5 nitrogen and oxygen atoms in total. The van der Waals surface area contributed by atoms with Crippen LogP contribution in [-0.4, -0.2) is 30.8 Å². The molecule has 4 rings (SSSR count). The average Bonchev–Trinajstić information content (AvgIpc) is 3.20. The molecule has 0 spiro atoms. The number of rotatable bonds is 5. The van der Waals surface area contributed by atoms with E-state index in [4.69, 9.17) is 0 Å². The van der Waals surface area contributed by atoms with Gasteiger partial charge in [0.1, 0.15) is 18.3 Å². The van der Waals surface area contributed by atoms with E-state index in [0.717, 1.165) is 11.8 Å². The van der Waals surface area contributed by atoms with Crippen LogP contribution in [0.4, 0.5) is 13.2 Å². The van der Waals surface area contributed by atoms with Crippen LogP contribution in [0.5, 0.6) is 0 Å². The van der Waals surface area contributed by atoms with Crippen molar-refractivity contribution in [3.05, 3.63) is 64.9 Å². The number of hydrogen-bond donors (Lipinski definition) is 0. The Bertz CT molecular complexity index is 1120. The monoisotopic (exact) mass is 435 g/mol. The highest BCUT2D eigenvalue weighted by atomic mass is 79.9. The summed E-state index contributed by atoms with van der Waals surface area (Å²) >= 11 is 3.15. The second-order valence-corrected chi connectivity index (χ2v) is 6.81. The van der Waals surface area contributed by atoms with Crippen LogP contribution in [-0.2, 0) is 13.1 Å². The maximum absolute atomic E-state index is 13.9. The average molecular weight is 436 g/mol. The van der Waals surface area contributed by atoms with Gasteiger partial charge in [-0.3, -0.25) is 4.98 Å². The molecule has 3 heterocycles. The van der Waals surface area contributed by atoms with Gasteiger partial charge in [-0.15, -0.1) is 0 Å². The highest BCUT2D eigenvalue weighted by Crippen LogP contribution is 2.29. The van der Waals surface area contributed by atoms with Crippen molar-refractivity contribution in [2.75, 3.05) is 6.67 Å². The first-order valence-electron chi connectivity index (χ1n) is 8.08. The minimum atomic E-state index is -0.596. The summed E-state index contributed by atoms with van der Waals surface area (Å²) in [5, 5.41) is 0. The van der Waals surface area contributed by atoms with Gasteiger partial charge in [0.15, 0.2) is 0 Å². The molecule has 0 atom stereocenters. The quantitative estimate of drug-likeness (QED) is 0.468. The number of nitrogens with zero attached hydrogens (tertiary/aromatic N) is 5. The lowest BCUT2D eigenvalue weighted by Gasteiger charge is -2.09. The van der Waals surface area contributed by atoms with Crippen molar-refractivity contribution < 1.29 is 13.2 Å². The van der Waals surface area contributed by atoms with Gasteiger partial charge in [-0.2, -0.15) is 4.39 Å². The molecule has 0 aliphatic heterocycles. The van der Waals surface area contributed by atoms with Crippen LogP contribution in [0.2, 0.25) is 0 Å². The Morgan fingerprint density at radius 3 is 2.63 bits per heavy atom. The van der Waals surface area contributed by atoms with Crippen LogP contribution >= 0.6 is 15.9 Å². The number of pyridine rings is 1. The van der Waals surface area contributed by atoms with Gasteiger partial charge in [0.2, 0.25) is 5.95 Å². The Labute approximate surface area is 160 Å². The molecule has 0 saturated heterocycles. The summed E-state index contributed by atoms with van der Waals surface area (Å²) in [5.41, 5.74) is 2.40. The third-order valence-corrected chi connectivity index (χ3v) is 4.77. The summed E-state index contributed by atoms with van der Waals surface area (Å²) in [6.07, 6.45) is 5.72. The fourth-order valence-corrected chi connectivity index (χ4v) is 3.30. The van der Waals surface area contributed by atoms with Crippen LogP contribution in [0.25, 0.3) is 22.4 Å². The zero-order valence-electron chi connectivity index (χ0n) is 13.9. The Balaban J connectivity index is 1.80. The topological polar surface area (TPSA) is 48.5 Å². The van der Waals surface area contributed by atoms with E-state index in [-0.39, 0.29) is 17.6 Å². The minimum Gasteiger partial charge on any atom is -0.321 e. The van der Waals surface area contributed by atoms with Crippen LogP contribution < -0.4 is 0 Å². The lowest BCUT2D eigenvalue weighted by Crippen LogP contribution is -2.04. The molecule has 0 aliphatic rings. The largest absolute Gasteiger partial charge is 0.321 e. The fourth-order valence-electron chi connectivity index (χ4n) is 2.97. The number of aryl methyl sites for hydroxylation is 1. The van der Waals surface area contributed by atoms with E-state index < -0.39 is 18.4 Å². The van der Waals surface area contributed by atoms with Gasteiger partial charge < -0.3 is 9.13 Å². The predicted octanol–water partition coefficient (Wildman–Crippen LogP) is 4.35. The van der Waals surface area contributed by atoms with E-state index in [1.807, 2.05) is 0 Å². The molecule has 4 aromatic rings. The zero-order chi connectivity index (χ0) is 19.0. The van der Waals surface area contributed by atoms with Gasteiger partial charge >= 0.3 is 0 Å². The second kappa shape index (κ2) is 7.15. The highest BCUT2D eigenvalue weighted by molar-refractivity contribution is 9.10. The molecule has 3 aromatic heterocycles. The second-order valence-electron chi connectivity index (χ2n) is 5.96. The van der Waals surface area contributed by atoms with Crippen LogP contribution in [0.15, 0.2) is 47.6 Å². The molecule has 0 saturated carbocycles. The fraction of sp³-hybridized carbons (Fsp3) is 0.167. The molecule has 138 valence electrons. The maximum Gasteiger partial charge on any atom is 0.213 e. The van der Waals surface area contributed by atoms with E-state index in [2.05, 4.69) is 30.9 Å². The first-order chi connectivity index (χ1) is 13.1. The van der Waals surface area contributed by atoms with E-state index in [9.17, 15) is 13.2 Å². The molecular formula is C18H13BrF3N5. The van der Waals surface area contributed by atoms with Crippen LogP contribution in [0.3, 0.4) is 0 Å². The standard InChI is InChI=1S/C18H13BrF3N5/c19-13-4-16-15(5-14(13)21)25-18(27(16)2-1-20)12-3-11(6-23-7-12)9-26-10-24-8-17(26)22/h3-8,10H,1-2,9H2. The van der Waals surface area contributed by atoms with E-state index >= 15 is 0 Å². The van der Waals surface area contributed by atoms with Crippen molar-refractivity contribution in [2.45, 2.75) is 13.1 Å². The summed E-state index contributed by atoms with van der Waals surface area (Å²) in [6, 6.07) is 4.68. The number of aromatic nitrogens is 5. The van der Waals surface area contributed by atoms with Crippen molar-refractivity contribution in [3.8, 4) is 11.4 Å². The molecule has 0 fully saturated rings. The molecule has 27 heavy (non-hydrogen) atoms.